The van der Waals surface area contributed by atoms with E-state index in [2.05, 4.69) is 29.4 Å². The summed E-state index contributed by atoms with van der Waals surface area (Å²) in [6.07, 6.45) is 8.53. The van der Waals surface area contributed by atoms with E-state index in [1.165, 1.54) is 32.1 Å². The van der Waals surface area contributed by atoms with Crippen LogP contribution in [0.5, 0.6) is 0 Å². The van der Waals surface area contributed by atoms with Gasteiger partial charge in [-0.05, 0) is 24.2 Å². The van der Waals surface area contributed by atoms with Crippen molar-refractivity contribution in [3.63, 3.8) is 0 Å². The first-order chi connectivity index (χ1) is 11.6. The maximum Gasteiger partial charge on any atom is 0.231 e. The number of nitrogens with zero attached hydrogens (tertiary/aromatic N) is 4. The molecule has 1 saturated heterocycles. The van der Waals surface area contributed by atoms with Gasteiger partial charge < -0.3 is 9.84 Å². The smallest absolute Gasteiger partial charge is 0.231 e. The largest absolute Gasteiger partial charge is 0.339 e. The molecular formula is C18H27N5O. The second kappa shape index (κ2) is 5.99. The van der Waals surface area contributed by atoms with Crippen LogP contribution in [0.3, 0.4) is 0 Å². The van der Waals surface area contributed by atoms with Crippen molar-refractivity contribution in [3.05, 3.63) is 17.8 Å². The minimum Gasteiger partial charge on any atom is -0.339 e. The van der Waals surface area contributed by atoms with Gasteiger partial charge in [0.1, 0.15) is 0 Å². The molecule has 1 atom stereocenters. The highest BCUT2D eigenvalue weighted by molar-refractivity contribution is 5.57. The Morgan fingerprint density at radius 2 is 2.08 bits per heavy atom. The predicted octanol–water partition coefficient (Wildman–Crippen LogP) is 3.23. The maximum absolute atomic E-state index is 5.74. The third kappa shape index (κ3) is 2.57. The molecule has 0 bridgehead atoms. The highest BCUT2D eigenvalue weighted by Crippen LogP contribution is 2.49. The van der Waals surface area contributed by atoms with Crippen LogP contribution in [0.2, 0.25) is 0 Å². The van der Waals surface area contributed by atoms with E-state index < -0.39 is 0 Å². The minimum atomic E-state index is 0.317. The van der Waals surface area contributed by atoms with Crippen LogP contribution >= 0.6 is 0 Å². The fourth-order valence-corrected chi connectivity index (χ4v) is 4.53. The summed E-state index contributed by atoms with van der Waals surface area (Å²) in [5, 5.41) is 12.4. The number of aromatic nitrogens is 4. The van der Waals surface area contributed by atoms with Crippen molar-refractivity contribution in [1.29, 1.82) is 0 Å². The van der Waals surface area contributed by atoms with Gasteiger partial charge in [-0.25, -0.2) is 0 Å². The van der Waals surface area contributed by atoms with Gasteiger partial charge in [-0.2, -0.15) is 10.1 Å². The molecule has 1 N–H and O–H groups in total. The molecule has 24 heavy (non-hydrogen) atoms. The van der Waals surface area contributed by atoms with Crippen LogP contribution < -0.4 is 5.32 Å². The average molecular weight is 329 g/mol. The second-order valence-electron chi connectivity index (χ2n) is 7.82. The third-order valence-corrected chi connectivity index (χ3v) is 5.80. The fourth-order valence-electron chi connectivity index (χ4n) is 4.53. The number of rotatable bonds is 3. The Morgan fingerprint density at radius 3 is 2.83 bits per heavy atom. The van der Waals surface area contributed by atoms with Crippen LogP contribution in [-0.4, -0.2) is 33.0 Å². The normalized spacial score (nSPS) is 23.4. The van der Waals surface area contributed by atoms with Crippen molar-refractivity contribution in [2.75, 3.05) is 13.1 Å². The Balaban J connectivity index is 1.66. The minimum absolute atomic E-state index is 0.317. The van der Waals surface area contributed by atoms with Gasteiger partial charge in [-0.15, -0.1) is 0 Å². The zero-order chi connectivity index (χ0) is 16.7. The van der Waals surface area contributed by atoms with Crippen LogP contribution in [-0.2, 0) is 7.05 Å². The van der Waals surface area contributed by atoms with E-state index in [0.29, 0.717) is 23.1 Å². The lowest BCUT2D eigenvalue weighted by Crippen LogP contribution is -2.31. The van der Waals surface area contributed by atoms with E-state index in [9.17, 15) is 0 Å². The van der Waals surface area contributed by atoms with E-state index >= 15 is 0 Å². The van der Waals surface area contributed by atoms with E-state index in [-0.39, 0.29) is 0 Å². The summed E-state index contributed by atoms with van der Waals surface area (Å²) >= 11 is 0. The SMILES string of the molecule is CC(C)c1nn(C)cc1-c1noc(C2CNCC23CCCCC3)n1. The lowest BCUT2D eigenvalue weighted by molar-refractivity contribution is 0.165. The highest BCUT2D eigenvalue weighted by Gasteiger charge is 2.46. The van der Waals surface area contributed by atoms with Gasteiger partial charge in [0.05, 0.1) is 17.2 Å². The van der Waals surface area contributed by atoms with Crippen LogP contribution in [0.15, 0.2) is 10.7 Å². The molecule has 0 amide bonds. The molecule has 0 aromatic carbocycles. The quantitative estimate of drug-likeness (QED) is 0.936. The first-order valence-electron chi connectivity index (χ1n) is 9.17. The van der Waals surface area contributed by atoms with Gasteiger partial charge in [0, 0.05) is 26.3 Å². The molecule has 6 heteroatoms. The summed E-state index contributed by atoms with van der Waals surface area (Å²) in [5.74, 6) is 2.16. The zero-order valence-corrected chi connectivity index (χ0v) is 14.9. The summed E-state index contributed by atoms with van der Waals surface area (Å²) in [7, 11) is 1.94. The molecule has 2 fully saturated rings. The summed E-state index contributed by atoms with van der Waals surface area (Å²) in [6, 6.07) is 0. The number of hydrogen-bond acceptors (Lipinski definition) is 5. The Labute approximate surface area is 143 Å². The Hall–Kier alpha value is -1.69. The Bertz CT molecular complexity index is 711. The van der Waals surface area contributed by atoms with Gasteiger partial charge in [0.2, 0.25) is 11.7 Å². The molecule has 4 rings (SSSR count). The highest BCUT2D eigenvalue weighted by atomic mass is 16.5. The Kier molecular flexibility index (Phi) is 3.95. The molecule has 6 nitrogen and oxygen atoms in total. The van der Waals surface area contributed by atoms with Crippen molar-refractivity contribution in [3.8, 4) is 11.4 Å². The van der Waals surface area contributed by atoms with E-state index in [1.54, 1.807) is 0 Å². The molecule has 1 unspecified atom stereocenters. The number of hydrogen-bond donors (Lipinski definition) is 1. The first kappa shape index (κ1) is 15.8. The van der Waals surface area contributed by atoms with Crippen LogP contribution in [0.25, 0.3) is 11.4 Å². The van der Waals surface area contributed by atoms with Gasteiger partial charge in [0.15, 0.2) is 0 Å². The second-order valence-corrected chi connectivity index (χ2v) is 7.82. The fraction of sp³-hybridized carbons (Fsp3) is 0.722. The molecule has 1 spiro atoms. The molecule has 0 radical (unpaired) electrons. The van der Waals surface area contributed by atoms with Gasteiger partial charge in [-0.3, -0.25) is 4.68 Å². The average Bonchev–Trinajstić information content (AvgIpc) is 3.26. The predicted molar refractivity (Wildman–Crippen MR) is 91.7 cm³/mol. The van der Waals surface area contributed by atoms with E-state index in [1.807, 2.05) is 17.9 Å². The zero-order valence-electron chi connectivity index (χ0n) is 14.9. The lowest BCUT2D eigenvalue weighted by Gasteiger charge is -2.36. The van der Waals surface area contributed by atoms with Crippen molar-refractivity contribution in [2.45, 2.75) is 57.8 Å². The van der Waals surface area contributed by atoms with Crippen molar-refractivity contribution < 1.29 is 4.52 Å². The van der Waals surface area contributed by atoms with Gasteiger partial charge >= 0.3 is 0 Å². The van der Waals surface area contributed by atoms with Crippen LogP contribution in [0, 0.1) is 5.41 Å². The molecule has 1 saturated carbocycles. The van der Waals surface area contributed by atoms with Crippen LogP contribution in [0.1, 0.15) is 69.4 Å². The first-order valence-corrected chi connectivity index (χ1v) is 9.17. The maximum atomic E-state index is 5.74. The van der Waals surface area contributed by atoms with Crippen molar-refractivity contribution in [2.24, 2.45) is 12.5 Å². The topological polar surface area (TPSA) is 68.8 Å². The molecule has 1 aliphatic carbocycles. The van der Waals surface area contributed by atoms with Gasteiger partial charge in [0.25, 0.3) is 0 Å². The molecule has 3 heterocycles. The Morgan fingerprint density at radius 1 is 1.29 bits per heavy atom. The number of aryl methyl sites for hydroxylation is 1. The molecule has 2 aromatic heterocycles. The van der Waals surface area contributed by atoms with Crippen molar-refractivity contribution >= 4 is 0 Å². The van der Waals surface area contributed by atoms with E-state index in [4.69, 9.17) is 9.51 Å². The summed E-state index contributed by atoms with van der Waals surface area (Å²) in [6.45, 7) is 6.32. The molecule has 2 aliphatic rings. The molecular weight excluding hydrogens is 302 g/mol. The standard InChI is InChI=1S/C18H27N5O/c1-12(2)15-13(10-23(3)21-15)16-20-17(24-22-16)14-9-19-11-18(14)7-5-4-6-8-18/h10,12,14,19H,4-9,11H2,1-3H3. The van der Waals surface area contributed by atoms with Gasteiger partial charge in [-0.1, -0.05) is 38.3 Å². The van der Waals surface area contributed by atoms with Crippen molar-refractivity contribution in [1.82, 2.24) is 25.2 Å². The monoisotopic (exact) mass is 329 g/mol. The molecule has 2 aromatic rings. The molecule has 130 valence electrons. The third-order valence-electron chi connectivity index (χ3n) is 5.80. The molecule has 1 aliphatic heterocycles. The van der Waals surface area contributed by atoms with E-state index in [0.717, 1.165) is 30.2 Å². The van der Waals surface area contributed by atoms with Crippen LogP contribution in [0.4, 0.5) is 0 Å². The lowest BCUT2D eigenvalue weighted by atomic mass is 9.67. The summed E-state index contributed by atoms with van der Waals surface area (Å²) < 4.78 is 7.57. The summed E-state index contributed by atoms with van der Waals surface area (Å²) in [5.41, 5.74) is 2.34. The summed E-state index contributed by atoms with van der Waals surface area (Å²) in [4.78, 5) is 4.80. The number of nitrogens with one attached hydrogen (secondary N) is 1.